The second-order valence-corrected chi connectivity index (χ2v) is 4.83. The van der Waals surface area contributed by atoms with Crippen molar-refractivity contribution in [3.05, 3.63) is 35.5 Å². The zero-order chi connectivity index (χ0) is 13.7. The van der Waals surface area contributed by atoms with E-state index in [1.807, 2.05) is 18.2 Å². The highest BCUT2D eigenvalue weighted by Gasteiger charge is 2.26. The van der Waals surface area contributed by atoms with Crippen LogP contribution in [-0.4, -0.2) is 34.1 Å². The minimum absolute atomic E-state index is 0.235. The maximum atomic E-state index is 12.8. The molecule has 0 saturated heterocycles. The molecule has 19 heavy (non-hydrogen) atoms. The molecule has 0 unspecified atom stereocenters. The predicted octanol–water partition coefficient (Wildman–Crippen LogP) is 1.92. The van der Waals surface area contributed by atoms with Gasteiger partial charge in [-0.25, -0.2) is 13.8 Å². The van der Waals surface area contributed by atoms with E-state index in [1.165, 1.54) is 11.3 Å². The van der Waals surface area contributed by atoms with Gasteiger partial charge in [0, 0.05) is 18.1 Å². The lowest BCUT2D eigenvalue weighted by atomic mass is 10.3. The molecule has 2 rings (SSSR count). The van der Waals surface area contributed by atoms with Gasteiger partial charge in [-0.1, -0.05) is 6.07 Å². The lowest BCUT2D eigenvalue weighted by molar-refractivity contribution is -0.0478. The third kappa shape index (κ3) is 4.02. The van der Waals surface area contributed by atoms with Crippen LogP contribution >= 0.6 is 11.3 Å². The topological polar surface area (TPSA) is 58.0 Å². The first-order chi connectivity index (χ1) is 9.11. The number of pyridine rings is 1. The summed E-state index contributed by atoms with van der Waals surface area (Å²) in [6, 6.07) is 5.52. The first kappa shape index (κ1) is 14.0. The van der Waals surface area contributed by atoms with Crippen LogP contribution in [0, 0.1) is 0 Å². The molecule has 0 bridgehead atoms. The molecule has 2 heterocycles. The first-order valence-electron chi connectivity index (χ1n) is 5.66. The lowest BCUT2D eigenvalue weighted by Gasteiger charge is -2.12. The van der Waals surface area contributed by atoms with Crippen LogP contribution in [0.3, 0.4) is 0 Å². The molecule has 0 radical (unpaired) electrons. The van der Waals surface area contributed by atoms with Gasteiger partial charge >= 0.3 is 0 Å². The molecule has 2 aromatic rings. The Hall–Kier alpha value is -1.44. The van der Waals surface area contributed by atoms with E-state index in [2.05, 4.69) is 15.3 Å². The van der Waals surface area contributed by atoms with E-state index in [-0.39, 0.29) is 6.54 Å². The highest BCUT2D eigenvalue weighted by molar-refractivity contribution is 7.13. The molecule has 0 aliphatic heterocycles. The number of nitrogens with one attached hydrogen (secondary N) is 1. The number of aliphatic hydroxyl groups is 1. The van der Waals surface area contributed by atoms with Gasteiger partial charge in [0.15, 0.2) is 0 Å². The average Bonchev–Trinajstić information content (AvgIpc) is 2.88. The largest absolute Gasteiger partial charge is 0.390 e. The van der Waals surface area contributed by atoms with Crippen LogP contribution < -0.4 is 5.32 Å². The molecule has 0 aromatic carbocycles. The van der Waals surface area contributed by atoms with Crippen molar-refractivity contribution in [2.24, 2.45) is 0 Å². The Bertz CT molecular complexity index is 519. The number of hydrogen-bond acceptors (Lipinski definition) is 5. The highest BCUT2D eigenvalue weighted by Crippen LogP contribution is 2.21. The zero-order valence-corrected chi connectivity index (χ0v) is 10.8. The smallest absolute Gasteiger partial charge is 0.282 e. The maximum absolute atomic E-state index is 12.8. The summed E-state index contributed by atoms with van der Waals surface area (Å²) in [6.07, 6.45) is 1.68. The highest BCUT2D eigenvalue weighted by atomic mass is 32.1. The van der Waals surface area contributed by atoms with Crippen molar-refractivity contribution in [3.63, 3.8) is 0 Å². The molecular formula is C12H13F2N3OS. The minimum atomic E-state index is -3.10. The Kier molecular flexibility index (Phi) is 4.52. The van der Waals surface area contributed by atoms with Crippen LogP contribution in [0.25, 0.3) is 10.7 Å². The van der Waals surface area contributed by atoms with Gasteiger partial charge in [0.1, 0.15) is 11.6 Å². The molecule has 0 amide bonds. The van der Waals surface area contributed by atoms with Gasteiger partial charge in [-0.3, -0.25) is 4.98 Å². The lowest BCUT2D eigenvalue weighted by Crippen LogP contribution is -2.35. The van der Waals surface area contributed by atoms with Gasteiger partial charge in [-0.05, 0) is 12.1 Å². The molecule has 0 aliphatic rings. The van der Waals surface area contributed by atoms with Crippen LogP contribution in [0.5, 0.6) is 0 Å². The molecule has 102 valence electrons. The standard InChI is InChI=1S/C12H13F2N3OS/c13-12(14,8-18)7-15-5-9-6-19-11(17-9)10-3-1-2-4-16-10/h1-4,6,15,18H,5,7-8H2. The van der Waals surface area contributed by atoms with Crippen molar-refractivity contribution in [3.8, 4) is 10.7 Å². The number of halogens is 2. The molecule has 0 spiro atoms. The predicted molar refractivity (Wildman–Crippen MR) is 69.1 cm³/mol. The molecule has 7 heteroatoms. The molecule has 0 fully saturated rings. The Morgan fingerprint density at radius 1 is 1.37 bits per heavy atom. The Morgan fingerprint density at radius 2 is 2.21 bits per heavy atom. The number of thiazole rings is 1. The van der Waals surface area contributed by atoms with E-state index in [4.69, 9.17) is 5.11 Å². The molecule has 0 saturated carbocycles. The third-order valence-corrected chi connectivity index (χ3v) is 3.27. The summed E-state index contributed by atoms with van der Waals surface area (Å²) >= 11 is 1.42. The van der Waals surface area contributed by atoms with Crippen molar-refractivity contribution in [1.82, 2.24) is 15.3 Å². The monoisotopic (exact) mass is 285 g/mol. The summed E-state index contributed by atoms with van der Waals surface area (Å²) in [5, 5.41) is 13.6. The molecule has 0 atom stereocenters. The Labute approximate surface area is 113 Å². The van der Waals surface area contributed by atoms with Crippen molar-refractivity contribution >= 4 is 11.3 Å². The second-order valence-electron chi connectivity index (χ2n) is 3.98. The molecule has 2 aromatic heterocycles. The Morgan fingerprint density at radius 3 is 2.89 bits per heavy atom. The zero-order valence-electron chi connectivity index (χ0n) is 10.0. The van der Waals surface area contributed by atoms with Gasteiger partial charge < -0.3 is 10.4 Å². The van der Waals surface area contributed by atoms with Gasteiger partial charge in [-0.15, -0.1) is 11.3 Å². The Balaban J connectivity index is 1.92. The first-order valence-corrected chi connectivity index (χ1v) is 6.54. The van der Waals surface area contributed by atoms with E-state index < -0.39 is 19.1 Å². The number of rotatable bonds is 6. The SMILES string of the molecule is OCC(F)(F)CNCc1csc(-c2ccccn2)n1. The molecule has 0 aliphatic carbocycles. The summed E-state index contributed by atoms with van der Waals surface area (Å²) in [7, 11) is 0. The van der Waals surface area contributed by atoms with Crippen LogP contribution in [-0.2, 0) is 6.54 Å². The van der Waals surface area contributed by atoms with Crippen LogP contribution in [0.1, 0.15) is 5.69 Å². The minimum Gasteiger partial charge on any atom is -0.390 e. The average molecular weight is 285 g/mol. The molecule has 4 nitrogen and oxygen atoms in total. The van der Waals surface area contributed by atoms with E-state index in [9.17, 15) is 8.78 Å². The van der Waals surface area contributed by atoms with Gasteiger partial charge in [0.2, 0.25) is 0 Å². The third-order valence-electron chi connectivity index (χ3n) is 2.36. The maximum Gasteiger partial charge on any atom is 0.282 e. The fraction of sp³-hybridized carbons (Fsp3) is 0.333. The van der Waals surface area contributed by atoms with Crippen LogP contribution in [0.15, 0.2) is 29.8 Å². The van der Waals surface area contributed by atoms with Crippen LogP contribution in [0.2, 0.25) is 0 Å². The molecular weight excluding hydrogens is 272 g/mol. The summed E-state index contributed by atoms with van der Waals surface area (Å²) in [4.78, 5) is 8.48. The summed E-state index contributed by atoms with van der Waals surface area (Å²) in [5.74, 6) is -3.10. The van der Waals surface area contributed by atoms with Crippen molar-refractivity contribution in [2.75, 3.05) is 13.2 Å². The number of aliphatic hydroxyl groups excluding tert-OH is 1. The summed E-state index contributed by atoms with van der Waals surface area (Å²) < 4.78 is 25.6. The van der Waals surface area contributed by atoms with E-state index in [0.29, 0.717) is 5.69 Å². The molecule has 2 N–H and O–H groups in total. The number of nitrogens with zero attached hydrogens (tertiary/aromatic N) is 2. The van der Waals surface area contributed by atoms with E-state index >= 15 is 0 Å². The normalized spacial score (nSPS) is 11.7. The number of aromatic nitrogens is 2. The number of alkyl halides is 2. The van der Waals surface area contributed by atoms with Crippen molar-refractivity contribution in [1.29, 1.82) is 0 Å². The van der Waals surface area contributed by atoms with Gasteiger partial charge in [-0.2, -0.15) is 0 Å². The van der Waals surface area contributed by atoms with Crippen LogP contribution in [0.4, 0.5) is 8.78 Å². The number of hydrogen-bond donors (Lipinski definition) is 2. The summed E-state index contributed by atoms with van der Waals surface area (Å²) in [6.45, 7) is -1.49. The van der Waals surface area contributed by atoms with Gasteiger partial charge in [0.05, 0.1) is 17.9 Å². The van der Waals surface area contributed by atoms with Crippen molar-refractivity contribution in [2.45, 2.75) is 12.5 Å². The van der Waals surface area contributed by atoms with E-state index in [0.717, 1.165) is 10.7 Å². The second kappa shape index (κ2) is 6.14. The van der Waals surface area contributed by atoms with Crippen molar-refractivity contribution < 1.29 is 13.9 Å². The fourth-order valence-electron chi connectivity index (χ4n) is 1.42. The fourth-order valence-corrected chi connectivity index (χ4v) is 2.22. The summed E-state index contributed by atoms with van der Waals surface area (Å²) in [5.41, 5.74) is 1.44. The quantitative estimate of drug-likeness (QED) is 0.851. The van der Waals surface area contributed by atoms with E-state index in [1.54, 1.807) is 11.6 Å². The van der Waals surface area contributed by atoms with Gasteiger partial charge in [0.25, 0.3) is 5.92 Å².